The predicted molar refractivity (Wildman–Crippen MR) is 102 cm³/mol. The lowest BCUT2D eigenvalue weighted by Crippen LogP contribution is -2.23. The first kappa shape index (κ1) is 25.4. The number of likely N-dealkylation sites (tertiary alicyclic amines) is 1. The van der Waals surface area contributed by atoms with Crippen molar-refractivity contribution in [2.75, 3.05) is 73.1 Å². The molecule has 1 saturated heterocycles. The molecule has 1 heterocycles. The second kappa shape index (κ2) is 19.2. The lowest BCUT2D eigenvalue weighted by molar-refractivity contribution is -0.118. The smallest absolute Gasteiger partial charge is 0.132 e. The van der Waals surface area contributed by atoms with Crippen LogP contribution in [0.1, 0.15) is 39.5 Å². The van der Waals surface area contributed by atoms with Crippen molar-refractivity contribution in [2.24, 2.45) is 0 Å². The van der Waals surface area contributed by atoms with Crippen LogP contribution in [0.15, 0.2) is 0 Å². The van der Waals surface area contributed by atoms with E-state index in [-0.39, 0.29) is 12.4 Å². The van der Waals surface area contributed by atoms with Gasteiger partial charge in [-0.3, -0.25) is 4.79 Å². The maximum absolute atomic E-state index is 10.6. The van der Waals surface area contributed by atoms with Gasteiger partial charge >= 0.3 is 0 Å². The molecule has 1 fully saturated rings. The van der Waals surface area contributed by atoms with Crippen molar-refractivity contribution in [3.63, 3.8) is 0 Å². The van der Waals surface area contributed by atoms with E-state index >= 15 is 0 Å². The fraction of sp³-hybridized carbons (Fsp3) is 0.947. The zero-order valence-electron chi connectivity index (χ0n) is 16.9. The molecule has 26 heavy (non-hydrogen) atoms. The molecule has 1 unspecified atom stereocenters. The second-order valence-electron chi connectivity index (χ2n) is 6.31. The molecule has 1 N–H and O–H groups in total. The topological polar surface area (TPSA) is 77.5 Å². The molecular weight excluding hydrogens is 338 g/mol. The van der Waals surface area contributed by atoms with Crippen LogP contribution in [0.2, 0.25) is 0 Å². The van der Waals surface area contributed by atoms with Gasteiger partial charge in [0.1, 0.15) is 5.78 Å². The van der Waals surface area contributed by atoms with Crippen LogP contribution < -0.4 is 0 Å². The van der Waals surface area contributed by atoms with Crippen molar-refractivity contribution in [3.05, 3.63) is 0 Å². The third-order valence-electron chi connectivity index (χ3n) is 4.09. The molecule has 1 aliphatic heterocycles. The minimum atomic E-state index is 0.0345. The Kier molecular flexibility index (Phi) is 18.8. The van der Waals surface area contributed by atoms with Gasteiger partial charge in [-0.25, -0.2) is 0 Å². The zero-order valence-corrected chi connectivity index (χ0v) is 16.9. The summed E-state index contributed by atoms with van der Waals surface area (Å²) in [6.45, 7) is 8.96. The van der Waals surface area contributed by atoms with E-state index in [9.17, 15) is 4.79 Å². The van der Waals surface area contributed by atoms with Crippen molar-refractivity contribution in [1.82, 2.24) is 4.90 Å². The Morgan fingerprint density at radius 1 is 0.962 bits per heavy atom. The summed E-state index contributed by atoms with van der Waals surface area (Å²) < 4.78 is 20.7. The predicted octanol–water partition coefficient (Wildman–Crippen LogP) is 1.51. The van der Waals surface area contributed by atoms with Gasteiger partial charge in [-0.1, -0.05) is 6.92 Å². The van der Waals surface area contributed by atoms with Crippen LogP contribution in [-0.2, 0) is 23.7 Å². The van der Waals surface area contributed by atoms with Crippen LogP contribution in [0.3, 0.4) is 0 Å². The van der Waals surface area contributed by atoms with Crippen molar-refractivity contribution in [1.29, 1.82) is 0 Å². The first-order valence-electron chi connectivity index (χ1n) is 9.73. The standard InChI is InChI=1S/C12H24O6.C7H15N/c1-12(14)2-4-15-6-8-17-10-11-18-9-7-16-5-3-13;1-3-7-5-4-6-8(7)2/h13H,2-11H2,1H3;7H,3-6H2,1-2H3. The molecule has 1 rings (SSSR count). The van der Waals surface area contributed by atoms with E-state index in [2.05, 4.69) is 18.9 Å². The number of ketones is 1. The number of nitrogens with zero attached hydrogens (tertiary/aromatic N) is 1. The molecule has 0 spiro atoms. The van der Waals surface area contributed by atoms with E-state index in [1.54, 1.807) is 6.92 Å². The number of Topliss-reactive ketones (excluding diaryl/α,β-unsaturated/α-hetero) is 1. The van der Waals surface area contributed by atoms with Crippen LogP contribution in [0.5, 0.6) is 0 Å². The van der Waals surface area contributed by atoms with Crippen LogP contribution in [0.4, 0.5) is 0 Å². The van der Waals surface area contributed by atoms with Crippen LogP contribution in [0, 0.1) is 0 Å². The van der Waals surface area contributed by atoms with Gasteiger partial charge in [0.15, 0.2) is 0 Å². The number of hydrogen-bond donors (Lipinski definition) is 1. The SMILES string of the molecule is CC(=O)CCOCCOCCOCCOCCO.CCC1CCCN1C. The molecule has 0 aromatic heterocycles. The van der Waals surface area contributed by atoms with E-state index in [4.69, 9.17) is 24.1 Å². The quantitative estimate of drug-likeness (QED) is 0.434. The minimum Gasteiger partial charge on any atom is -0.394 e. The van der Waals surface area contributed by atoms with E-state index in [0.29, 0.717) is 59.3 Å². The molecule has 0 amide bonds. The van der Waals surface area contributed by atoms with Gasteiger partial charge in [0.25, 0.3) is 0 Å². The normalized spacial score (nSPS) is 17.2. The largest absolute Gasteiger partial charge is 0.394 e. The molecule has 0 saturated carbocycles. The molecule has 156 valence electrons. The number of carbonyl (C=O) groups excluding carboxylic acids is 1. The van der Waals surface area contributed by atoms with Crippen LogP contribution >= 0.6 is 0 Å². The van der Waals surface area contributed by atoms with Crippen molar-refractivity contribution in [2.45, 2.75) is 45.6 Å². The highest BCUT2D eigenvalue weighted by Crippen LogP contribution is 2.16. The van der Waals surface area contributed by atoms with E-state index in [1.807, 2.05) is 0 Å². The molecule has 1 atom stereocenters. The summed E-state index contributed by atoms with van der Waals surface area (Å²) in [4.78, 5) is 13.1. The Bertz CT molecular complexity index is 316. The molecule has 0 radical (unpaired) electrons. The summed E-state index contributed by atoms with van der Waals surface area (Å²) in [5.41, 5.74) is 0. The first-order chi connectivity index (χ1) is 12.6. The minimum absolute atomic E-state index is 0.0345. The summed E-state index contributed by atoms with van der Waals surface area (Å²) in [7, 11) is 2.22. The summed E-state index contributed by atoms with van der Waals surface area (Å²) in [6.07, 6.45) is 4.62. The fourth-order valence-electron chi connectivity index (χ4n) is 2.54. The fourth-order valence-corrected chi connectivity index (χ4v) is 2.54. The Morgan fingerprint density at radius 2 is 1.46 bits per heavy atom. The Hall–Kier alpha value is -0.570. The average Bonchev–Trinajstić information content (AvgIpc) is 3.04. The number of rotatable bonds is 15. The maximum atomic E-state index is 10.6. The van der Waals surface area contributed by atoms with Crippen molar-refractivity contribution in [3.8, 4) is 0 Å². The summed E-state index contributed by atoms with van der Waals surface area (Å²) >= 11 is 0. The van der Waals surface area contributed by atoms with Gasteiger partial charge in [0.05, 0.1) is 59.5 Å². The van der Waals surface area contributed by atoms with Crippen molar-refractivity contribution < 1.29 is 28.8 Å². The molecule has 0 bridgehead atoms. The third-order valence-corrected chi connectivity index (χ3v) is 4.09. The zero-order chi connectivity index (χ0) is 19.5. The Morgan fingerprint density at radius 3 is 1.81 bits per heavy atom. The monoisotopic (exact) mass is 377 g/mol. The van der Waals surface area contributed by atoms with E-state index < -0.39 is 0 Å². The van der Waals surface area contributed by atoms with Crippen LogP contribution in [-0.4, -0.2) is 94.9 Å². The molecule has 7 nitrogen and oxygen atoms in total. The molecule has 0 aromatic carbocycles. The lowest BCUT2D eigenvalue weighted by atomic mass is 10.2. The van der Waals surface area contributed by atoms with Gasteiger partial charge in [0, 0.05) is 12.5 Å². The molecule has 1 aliphatic rings. The second-order valence-corrected chi connectivity index (χ2v) is 6.31. The van der Waals surface area contributed by atoms with Crippen molar-refractivity contribution >= 4 is 5.78 Å². The van der Waals surface area contributed by atoms with Gasteiger partial charge < -0.3 is 29.0 Å². The van der Waals surface area contributed by atoms with Gasteiger partial charge in [-0.15, -0.1) is 0 Å². The Balaban J connectivity index is 0.000000642. The number of aliphatic hydroxyl groups is 1. The van der Waals surface area contributed by atoms with Gasteiger partial charge in [-0.05, 0) is 39.8 Å². The van der Waals surface area contributed by atoms with Crippen LogP contribution in [0.25, 0.3) is 0 Å². The van der Waals surface area contributed by atoms with Gasteiger partial charge in [-0.2, -0.15) is 0 Å². The third kappa shape index (κ3) is 16.9. The van der Waals surface area contributed by atoms with Gasteiger partial charge in [0.2, 0.25) is 0 Å². The highest BCUT2D eigenvalue weighted by Gasteiger charge is 2.17. The molecule has 0 aliphatic carbocycles. The number of hydrogen-bond acceptors (Lipinski definition) is 7. The maximum Gasteiger partial charge on any atom is 0.132 e. The molecular formula is C19H39NO6. The summed E-state index contributed by atoms with van der Waals surface area (Å²) in [6, 6.07) is 0.898. The van der Waals surface area contributed by atoms with E-state index in [0.717, 1.165) is 6.04 Å². The molecule has 0 aromatic rings. The molecule has 7 heteroatoms. The first-order valence-corrected chi connectivity index (χ1v) is 9.73. The number of aliphatic hydroxyl groups excluding tert-OH is 1. The average molecular weight is 378 g/mol. The summed E-state index contributed by atoms with van der Waals surface area (Å²) in [5.74, 6) is 0.132. The van der Waals surface area contributed by atoms with E-state index in [1.165, 1.54) is 25.8 Å². The Labute approximate surface area is 158 Å². The number of carbonyl (C=O) groups is 1. The summed E-state index contributed by atoms with van der Waals surface area (Å²) in [5, 5.41) is 8.44. The lowest BCUT2D eigenvalue weighted by Gasteiger charge is -2.16. The highest BCUT2D eigenvalue weighted by atomic mass is 16.6. The highest BCUT2D eigenvalue weighted by molar-refractivity contribution is 5.75. The number of ether oxygens (including phenoxy) is 4.